The van der Waals surface area contributed by atoms with Crippen molar-refractivity contribution in [3.05, 3.63) is 42.6 Å². The normalized spacial score (nSPS) is 19.8. The second-order valence-electron chi connectivity index (χ2n) is 9.42. The number of nitrogens with one attached hydrogen (secondary N) is 1. The Labute approximate surface area is 218 Å². The van der Waals surface area contributed by atoms with Crippen LogP contribution in [0, 0.1) is 5.92 Å². The first-order valence-corrected chi connectivity index (χ1v) is 13.2. The zero-order chi connectivity index (χ0) is 25.4. The van der Waals surface area contributed by atoms with E-state index in [0.717, 1.165) is 59.1 Å². The Bertz CT molecular complexity index is 1350. The average Bonchev–Trinajstić information content (AvgIpc) is 3.26. The van der Waals surface area contributed by atoms with E-state index in [1.54, 1.807) is 18.2 Å². The number of amides is 2. The Morgan fingerprint density at radius 3 is 2.89 bits per heavy atom. The number of nitrogens with zero attached hydrogens (tertiary/aromatic N) is 4. The van der Waals surface area contributed by atoms with Crippen LogP contribution < -0.4 is 19.7 Å². The van der Waals surface area contributed by atoms with E-state index < -0.39 is 0 Å². The maximum absolute atomic E-state index is 12.5. The predicted octanol–water partition coefficient (Wildman–Crippen LogP) is 3.41. The molecule has 2 amide bonds. The molecule has 0 saturated carbocycles. The van der Waals surface area contributed by atoms with Gasteiger partial charge in [0, 0.05) is 42.2 Å². The Kier molecular flexibility index (Phi) is 6.47. The fourth-order valence-corrected chi connectivity index (χ4v) is 5.58. The van der Waals surface area contributed by atoms with Crippen LogP contribution >= 0.6 is 11.8 Å². The van der Waals surface area contributed by atoms with Crippen LogP contribution in [-0.2, 0) is 9.53 Å². The van der Waals surface area contributed by atoms with E-state index in [-0.39, 0.29) is 18.1 Å². The molecule has 2 aromatic carbocycles. The van der Waals surface area contributed by atoms with Crippen molar-refractivity contribution in [3.8, 4) is 11.6 Å². The molecule has 192 valence electrons. The molecule has 3 aliphatic rings. The molecular formula is C26H27N5O5S. The number of ether oxygens (including phenoxy) is 3. The third-order valence-corrected chi connectivity index (χ3v) is 7.85. The standard InChI is InChI=1S/C26H27N5O5S/c1-34-18-3-4-20-21(9-18)29-25(10-27-20)35-14-16-11-30(12-16)7-6-19-13-31(26(33)36-19)17-2-5-23-22(8-17)28-24(32)15-37-23/h2-5,8-10,16,19H,6-7,11-15H2,1H3,(H,28,32)/t19-/m1/s1. The van der Waals surface area contributed by atoms with Gasteiger partial charge in [0.05, 0.1) is 48.9 Å². The number of methoxy groups -OCH3 is 1. The van der Waals surface area contributed by atoms with Crippen molar-refractivity contribution in [2.24, 2.45) is 5.92 Å². The Hall–Kier alpha value is -3.57. The number of carbonyl (C=O) groups excluding carboxylic acids is 2. The van der Waals surface area contributed by atoms with Gasteiger partial charge in [-0.25, -0.2) is 14.8 Å². The molecule has 1 atom stereocenters. The average molecular weight is 522 g/mol. The highest BCUT2D eigenvalue weighted by atomic mass is 32.2. The molecule has 3 aliphatic heterocycles. The van der Waals surface area contributed by atoms with Gasteiger partial charge in [-0.3, -0.25) is 9.69 Å². The van der Waals surface area contributed by atoms with Gasteiger partial charge >= 0.3 is 6.09 Å². The second-order valence-corrected chi connectivity index (χ2v) is 10.4. The molecule has 0 unspecified atom stereocenters. The number of rotatable bonds is 8. The Balaban J connectivity index is 0.951. The minimum absolute atomic E-state index is 0.0272. The van der Waals surface area contributed by atoms with Gasteiger partial charge < -0.3 is 24.4 Å². The minimum Gasteiger partial charge on any atom is -0.497 e. The summed E-state index contributed by atoms with van der Waals surface area (Å²) in [6, 6.07) is 11.3. The summed E-state index contributed by atoms with van der Waals surface area (Å²) >= 11 is 1.50. The van der Waals surface area contributed by atoms with Crippen LogP contribution in [0.5, 0.6) is 11.6 Å². The molecule has 0 bridgehead atoms. The summed E-state index contributed by atoms with van der Waals surface area (Å²) in [4.78, 5) is 38.1. The van der Waals surface area contributed by atoms with Crippen molar-refractivity contribution in [1.29, 1.82) is 0 Å². The van der Waals surface area contributed by atoms with Gasteiger partial charge in [0.1, 0.15) is 11.9 Å². The van der Waals surface area contributed by atoms with Crippen molar-refractivity contribution >= 4 is 46.2 Å². The lowest BCUT2D eigenvalue weighted by Crippen LogP contribution is -2.50. The van der Waals surface area contributed by atoms with Gasteiger partial charge in [0.25, 0.3) is 0 Å². The van der Waals surface area contributed by atoms with Crippen LogP contribution in [-0.4, -0.2) is 78.6 Å². The molecule has 1 aromatic heterocycles. The van der Waals surface area contributed by atoms with E-state index in [1.807, 2.05) is 36.4 Å². The zero-order valence-electron chi connectivity index (χ0n) is 20.4. The summed E-state index contributed by atoms with van der Waals surface area (Å²) in [5.41, 5.74) is 3.03. The molecule has 2 saturated heterocycles. The number of cyclic esters (lactones) is 1. The fraction of sp³-hybridized carbons (Fsp3) is 0.385. The number of hydrogen-bond acceptors (Lipinski definition) is 9. The van der Waals surface area contributed by atoms with Crippen molar-refractivity contribution in [3.63, 3.8) is 0 Å². The lowest BCUT2D eigenvalue weighted by atomic mass is 10.0. The largest absolute Gasteiger partial charge is 0.497 e. The molecule has 0 spiro atoms. The highest BCUT2D eigenvalue weighted by molar-refractivity contribution is 8.00. The van der Waals surface area contributed by atoms with Gasteiger partial charge in [-0.1, -0.05) is 0 Å². The minimum atomic E-state index is -0.344. The van der Waals surface area contributed by atoms with E-state index in [2.05, 4.69) is 20.2 Å². The van der Waals surface area contributed by atoms with Crippen LogP contribution in [0.3, 0.4) is 0 Å². The number of aromatic nitrogens is 2. The molecule has 6 rings (SSSR count). The van der Waals surface area contributed by atoms with Gasteiger partial charge in [0.2, 0.25) is 11.8 Å². The van der Waals surface area contributed by atoms with E-state index in [1.165, 1.54) is 11.8 Å². The SMILES string of the molecule is COc1ccc2ncc(OCC3CN(CC[C@@H]4CN(c5ccc6c(c5)NC(=O)CS6)C(=O)O4)C3)nc2c1. The zero-order valence-corrected chi connectivity index (χ0v) is 21.2. The topological polar surface area (TPSA) is 106 Å². The highest BCUT2D eigenvalue weighted by Gasteiger charge is 2.34. The number of carbonyl (C=O) groups is 2. The number of likely N-dealkylation sites (tertiary alicyclic amines) is 1. The smallest absolute Gasteiger partial charge is 0.414 e. The maximum Gasteiger partial charge on any atom is 0.414 e. The lowest BCUT2D eigenvalue weighted by molar-refractivity contribution is -0.113. The number of thioether (sulfide) groups is 1. The monoisotopic (exact) mass is 521 g/mol. The fourth-order valence-electron chi connectivity index (χ4n) is 4.79. The van der Waals surface area contributed by atoms with Crippen LogP contribution in [0.1, 0.15) is 6.42 Å². The summed E-state index contributed by atoms with van der Waals surface area (Å²) in [5.74, 6) is 2.06. The molecule has 1 N–H and O–H groups in total. The van der Waals surface area contributed by atoms with Crippen LogP contribution in [0.25, 0.3) is 11.0 Å². The first-order valence-electron chi connectivity index (χ1n) is 12.2. The molecular weight excluding hydrogens is 494 g/mol. The molecule has 0 aliphatic carbocycles. The van der Waals surface area contributed by atoms with Gasteiger partial charge in [-0.05, 0) is 36.8 Å². The summed E-state index contributed by atoms with van der Waals surface area (Å²) in [6.45, 7) is 3.81. The van der Waals surface area contributed by atoms with Gasteiger partial charge in [-0.15, -0.1) is 11.8 Å². The number of anilines is 2. The molecule has 37 heavy (non-hydrogen) atoms. The third kappa shape index (κ3) is 5.14. The predicted molar refractivity (Wildman–Crippen MR) is 140 cm³/mol. The van der Waals surface area contributed by atoms with Gasteiger partial charge in [0.15, 0.2) is 0 Å². The molecule has 4 heterocycles. The quantitative estimate of drug-likeness (QED) is 0.477. The Morgan fingerprint density at radius 1 is 1.14 bits per heavy atom. The summed E-state index contributed by atoms with van der Waals surface area (Å²) < 4.78 is 16.8. The molecule has 2 fully saturated rings. The molecule has 3 aromatic rings. The number of benzene rings is 2. The van der Waals surface area contributed by atoms with Crippen LogP contribution in [0.2, 0.25) is 0 Å². The first kappa shape index (κ1) is 23.8. The summed E-state index contributed by atoms with van der Waals surface area (Å²) in [6.07, 6.45) is 1.92. The molecule has 11 heteroatoms. The van der Waals surface area contributed by atoms with Crippen molar-refractivity contribution < 1.29 is 23.8 Å². The van der Waals surface area contributed by atoms with E-state index in [9.17, 15) is 9.59 Å². The molecule has 10 nitrogen and oxygen atoms in total. The van der Waals surface area contributed by atoms with Gasteiger partial charge in [-0.2, -0.15) is 0 Å². The van der Waals surface area contributed by atoms with E-state index in [0.29, 0.717) is 30.7 Å². The van der Waals surface area contributed by atoms with Crippen molar-refractivity contribution in [1.82, 2.24) is 14.9 Å². The maximum atomic E-state index is 12.5. The van der Waals surface area contributed by atoms with Crippen molar-refractivity contribution in [2.45, 2.75) is 17.4 Å². The number of hydrogen-bond donors (Lipinski definition) is 1. The van der Waals surface area contributed by atoms with Crippen LogP contribution in [0.4, 0.5) is 16.2 Å². The number of fused-ring (bicyclic) bond motifs is 2. The van der Waals surface area contributed by atoms with Crippen molar-refractivity contribution in [2.75, 3.05) is 55.9 Å². The summed E-state index contributed by atoms with van der Waals surface area (Å²) in [7, 11) is 1.63. The molecule has 0 radical (unpaired) electrons. The third-order valence-electron chi connectivity index (χ3n) is 6.78. The van der Waals surface area contributed by atoms with E-state index >= 15 is 0 Å². The van der Waals surface area contributed by atoms with E-state index in [4.69, 9.17) is 14.2 Å². The lowest BCUT2D eigenvalue weighted by Gasteiger charge is -2.39. The first-order chi connectivity index (χ1) is 18.0. The highest BCUT2D eigenvalue weighted by Crippen LogP contribution is 2.35. The Morgan fingerprint density at radius 2 is 2.03 bits per heavy atom. The second kappa shape index (κ2) is 10.1. The summed E-state index contributed by atoms with van der Waals surface area (Å²) in [5, 5.41) is 2.87. The van der Waals surface area contributed by atoms with Crippen LogP contribution in [0.15, 0.2) is 47.5 Å².